The van der Waals surface area contributed by atoms with Crippen molar-refractivity contribution in [3.63, 3.8) is 0 Å². The van der Waals surface area contributed by atoms with Gasteiger partial charge in [-0.2, -0.15) is 0 Å². The van der Waals surface area contributed by atoms with Crippen molar-refractivity contribution >= 4 is 11.9 Å². The van der Waals surface area contributed by atoms with Gasteiger partial charge < -0.3 is 21.3 Å². The van der Waals surface area contributed by atoms with Crippen LogP contribution in [0, 0.1) is 5.92 Å². The number of aliphatic carboxylic acids is 1. The summed E-state index contributed by atoms with van der Waals surface area (Å²) < 4.78 is 0. The lowest BCUT2D eigenvalue weighted by atomic mass is 9.99. The summed E-state index contributed by atoms with van der Waals surface area (Å²) in [5.74, 6) is -1.87. The minimum absolute atomic E-state index is 0.0385. The Bertz CT molecular complexity index is 255. The second kappa shape index (κ2) is 6.44. The molecule has 0 saturated heterocycles. The van der Waals surface area contributed by atoms with E-state index in [0.717, 1.165) is 6.42 Å². The third-order valence-corrected chi connectivity index (χ3v) is 2.61. The topological polar surface area (TPSA) is 113 Å². The molecule has 0 aromatic heterocycles. The number of aliphatic hydroxyl groups is 1. The van der Waals surface area contributed by atoms with Crippen LogP contribution in [0.2, 0.25) is 0 Å². The summed E-state index contributed by atoms with van der Waals surface area (Å²) in [6.07, 6.45) is -0.438. The Morgan fingerprint density at radius 3 is 2.19 bits per heavy atom. The zero-order chi connectivity index (χ0) is 12.9. The molecule has 0 radical (unpaired) electrons. The molecule has 16 heavy (non-hydrogen) atoms. The molecule has 5 N–H and O–H groups in total. The van der Waals surface area contributed by atoms with Gasteiger partial charge in [0.1, 0.15) is 0 Å². The standard InChI is InChI=1S/C10H20N2O4/c1-4-5(2)7(11)9(14)12-8(6(3)13)10(15)16/h5-8,13H,4,11H2,1-3H3,(H,12,14)(H,15,16)/t5?,6?,7-,8-/m0/s1. The first-order valence-corrected chi connectivity index (χ1v) is 5.28. The summed E-state index contributed by atoms with van der Waals surface area (Å²) >= 11 is 0. The zero-order valence-electron chi connectivity index (χ0n) is 9.80. The van der Waals surface area contributed by atoms with E-state index in [1.54, 1.807) is 0 Å². The first-order chi connectivity index (χ1) is 7.31. The van der Waals surface area contributed by atoms with E-state index in [-0.39, 0.29) is 5.92 Å². The first-order valence-electron chi connectivity index (χ1n) is 5.28. The van der Waals surface area contributed by atoms with Gasteiger partial charge in [-0.05, 0) is 12.8 Å². The molecule has 2 unspecified atom stereocenters. The third kappa shape index (κ3) is 4.16. The van der Waals surface area contributed by atoms with Crippen LogP contribution in [0.1, 0.15) is 27.2 Å². The molecule has 0 heterocycles. The van der Waals surface area contributed by atoms with E-state index in [4.69, 9.17) is 10.8 Å². The van der Waals surface area contributed by atoms with Crippen molar-refractivity contribution in [2.45, 2.75) is 45.4 Å². The number of carbonyl (C=O) groups excluding carboxylic acids is 1. The number of carboxylic acid groups (broad SMARTS) is 1. The van der Waals surface area contributed by atoms with Gasteiger partial charge in [0.25, 0.3) is 0 Å². The van der Waals surface area contributed by atoms with Crippen LogP contribution in [0.5, 0.6) is 0 Å². The van der Waals surface area contributed by atoms with E-state index in [9.17, 15) is 14.7 Å². The van der Waals surface area contributed by atoms with Crippen molar-refractivity contribution in [2.24, 2.45) is 11.7 Å². The van der Waals surface area contributed by atoms with Crippen molar-refractivity contribution in [1.82, 2.24) is 5.32 Å². The van der Waals surface area contributed by atoms with Crippen LogP contribution in [-0.2, 0) is 9.59 Å². The molecule has 6 heteroatoms. The first kappa shape index (κ1) is 14.9. The number of hydrogen-bond donors (Lipinski definition) is 4. The van der Waals surface area contributed by atoms with E-state index in [0.29, 0.717) is 0 Å². The molecule has 0 aromatic carbocycles. The number of amides is 1. The minimum atomic E-state index is -1.32. The fraction of sp³-hybridized carbons (Fsp3) is 0.800. The van der Waals surface area contributed by atoms with E-state index in [1.165, 1.54) is 6.92 Å². The van der Waals surface area contributed by atoms with Crippen molar-refractivity contribution in [1.29, 1.82) is 0 Å². The van der Waals surface area contributed by atoms with Crippen LogP contribution >= 0.6 is 0 Å². The number of nitrogens with one attached hydrogen (secondary N) is 1. The molecular weight excluding hydrogens is 212 g/mol. The van der Waals surface area contributed by atoms with E-state index < -0.39 is 30.1 Å². The molecule has 0 aromatic rings. The van der Waals surface area contributed by atoms with Gasteiger partial charge in [-0.3, -0.25) is 4.79 Å². The van der Waals surface area contributed by atoms with Gasteiger partial charge in [0.15, 0.2) is 6.04 Å². The Hall–Kier alpha value is -1.14. The summed E-state index contributed by atoms with van der Waals surface area (Å²) in [6, 6.07) is -2.08. The molecule has 6 nitrogen and oxygen atoms in total. The Morgan fingerprint density at radius 1 is 1.38 bits per heavy atom. The Labute approximate surface area is 94.8 Å². The zero-order valence-corrected chi connectivity index (χ0v) is 9.80. The second-order valence-electron chi connectivity index (χ2n) is 3.98. The van der Waals surface area contributed by atoms with Crippen LogP contribution in [0.15, 0.2) is 0 Å². The summed E-state index contributed by atoms with van der Waals surface area (Å²) in [5, 5.41) is 20.1. The van der Waals surface area contributed by atoms with Gasteiger partial charge in [0.2, 0.25) is 5.91 Å². The predicted molar refractivity (Wildman–Crippen MR) is 58.7 cm³/mol. The van der Waals surface area contributed by atoms with Crippen LogP contribution in [0.25, 0.3) is 0 Å². The average Bonchev–Trinajstić information content (AvgIpc) is 2.22. The maximum atomic E-state index is 11.6. The molecule has 0 saturated carbocycles. The van der Waals surface area contributed by atoms with Crippen LogP contribution in [-0.4, -0.2) is 40.3 Å². The van der Waals surface area contributed by atoms with Crippen LogP contribution in [0.4, 0.5) is 0 Å². The maximum Gasteiger partial charge on any atom is 0.328 e. The highest BCUT2D eigenvalue weighted by molar-refractivity contribution is 5.87. The maximum absolute atomic E-state index is 11.6. The summed E-state index contributed by atoms with van der Waals surface area (Å²) in [4.78, 5) is 22.3. The highest BCUT2D eigenvalue weighted by Gasteiger charge is 2.28. The van der Waals surface area contributed by atoms with Gasteiger partial charge in [-0.1, -0.05) is 20.3 Å². The molecule has 0 aliphatic carbocycles. The fourth-order valence-electron chi connectivity index (χ4n) is 1.15. The average molecular weight is 232 g/mol. The lowest BCUT2D eigenvalue weighted by Gasteiger charge is -2.22. The van der Waals surface area contributed by atoms with Crippen molar-refractivity contribution in [3.05, 3.63) is 0 Å². The fourth-order valence-corrected chi connectivity index (χ4v) is 1.15. The number of nitrogens with two attached hydrogens (primary N) is 1. The monoisotopic (exact) mass is 232 g/mol. The summed E-state index contributed by atoms with van der Waals surface area (Å²) in [6.45, 7) is 5.00. The second-order valence-corrected chi connectivity index (χ2v) is 3.98. The smallest absolute Gasteiger partial charge is 0.328 e. The Morgan fingerprint density at radius 2 is 1.88 bits per heavy atom. The summed E-state index contributed by atoms with van der Waals surface area (Å²) in [7, 11) is 0. The molecule has 0 aliphatic heterocycles. The van der Waals surface area contributed by atoms with Crippen molar-refractivity contribution in [3.8, 4) is 0 Å². The van der Waals surface area contributed by atoms with E-state index in [1.807, 2.05) is 13.8 Å². The Kier molecular flexibility index (Phi) is 5.98. The molecule has 0 rings (SSSR count). The largest absolute Gasteiger partial charge is 0.480 e. The number of aliphatic hydroxyl groups excluding tert-OH is 1. The minimum Gasteiger partial charge on any atom is -0.480 e. The Balaban J connectivity index is 4.46. The SMILES string of the molecule is CCC(C)[C@H](N)C(=O)N[C@H](C(=O)O)C(C)O. The van der Waals surface area contributed by atoms with Crippen molar-refractivity contribution in [2.75, 3.05) is 0 Å². The lowest BCUT2D eigenvalue weighted by molar-refractivity contribution is -0.145. The van der Waals surface area contributed by atoms with Gasteiger partial charge in [-0.15, -0.1) is 0 Å². The normalized spacial score (nSPS) is 18.3. The quantitative estimate of drug-likeness (QED) is 0.484. The summed E-state index contributed by atoms with van der Waals surface area (Å²) in [5.41, 5.74) is 5.63. The van der Waals surface area contributed by atoms with Gasteiger partial charge in [0.05, 0.1) is 12.1 Å². The van der Waals surface area contributed by atoms with Crippen LogP contribution < -0.4 is 11.1 Å². The molecule has 0 spiro atoms. The molecule has 0 aliphatic rings. The highest BCUT2D eigenvalue weighted by atomic mass is 16.4. The molecule has 1 amide bonds. The van der Waals surface area contributed by atoms with E-state index >= 15 is 0 Å². The molecular formula is C10H20N2O4. The highest BCUT2D eigenvalue weighted by Crippen LogP contribution is 2.06. The molecule has 0 bridgehead atoms. The van der Waals surface area contributed by atoms with Gasteiger partial charge in [0, 0.05) is 0 Å². The third-order valence-electron chi connectivity index (χ3n) is 2.61. The number of hydrogen-bond acceptors (Lipinski definition) is 4. The van der Waals surface area contributed by atoms with Gasteiger partial charge >= 0.3 is 5.97 Å². The number of rotatable bonds is 6. The molecule has 0 fully saturated rings. The molecule has 4 atom stereocenters. The van der Waals surface area contributed by atoms with E-state index in [2.05, 4.69) is 5.32 Å². The number of carbonyl (C=O) groups is 2. The molecule has 94 valence electrons. The predicted octanol–water partition coefficient (Wildman–Crippen LogP) is -0.690. The van der Waals surface area contributed by atoms with Crippen LogP contribution in [0.3, 0.4) is 0 Å². The lowest BCUT2D eigenvalue weighted by Crippen LogP contribution is -2.54. The van der Waals surface area contributed by atoms with Crippen molar-refractivity contribution < 1.29 is 19.8 Å². The number of carboxylic acids is 1. The van der Waals surface area contributed by atoms with Gasteiger partial charge in [-0.25, -0.2) is 4.79 Å².